The monoisotopic (exact) mass is 446 g/mol. The average Bonchev–Trinajstić information content (AvgIpc) is 3.31. The summed E-state index contributed by atoms with van der Waals surface area (Å²) < 4.78 is 32.6. The Balaban J connectivity index is 1.75. The van der Waals surface area contributed by atoms with Crippen molar-refractivity contribution in [3.63, 3.8) is 0 Å². The molecule has 0 amide bonds. The molecule has 0 saturated carbocycles. The van der Waals surface area contributed by atoms with Gasteiger partial charge in [0.15, 0.2) is 5.13 Å². The summed E-state index contributed by atoms with van der Waals surface area (Å²) in [6.07, 6.45) is 1.78. The maximum absolute atomic E-state index is 13.2. The molecule has 8 nitrogen and oxygen atoms in total. The molecule has 2 heterocycles. The second kappa shape index (κ2) is 8.35. The van der Waals surface area contributed by atoms with Gasteiger partial charge in [0.05, 0.1) is 47.9 Å². The fraction of sp³-hybridized carbons (Fsp3) is 0.300. The molecular weight excluding hydrogens is 423 g/mol. The Hall–Kier alpha value is -2.45. The van der Waals surface area contributed by atoms with Crippen LogP contribution < -0.4 is 15.4 Å². The van der Waals surface area contributed by atoms with Gasteiger partial charge in [0, 0.05) is 7.05 Å². The van der Waals surface area contributed by atoms with Crippen molar-refractivity contribution in [2.24, 2.45) is 7.05 Å². The van der Waals surface area contributed by atoms with Gasteiger partial charge in [-0.1, -0.05) is 11.3 Å². The van der Waals surface area contributed by atoms with Crippen LogP contribution in [0.5, 0.6) is 5.75 Å². The topological polar surface area (TPSA) is 87.5 Å². The molecule has 158 valence electrons. The van der Waals surface area contributed by atoms with E-state index in [-0.39, 0.29) is 13.2 Å². The van der Waals surface area contributed by atoms with Crippen molar-refractivity contribution in [3.05, 3.63) is 36.7 Å². The van der Waals surface area contributed by atoms with E-state index in [1.54, 1.807) is 45.5 Å². The smallest absolute Gasteiger partial charge is 0.361 e. The van der Waals surface area contributed by atoms with Gasteiger partial charge >= 0.3 is 7.60 Å². The number of methoxy groups -OCH3 is 1. The molecule has 0 aliphatic carbocycles. The van der Waals surface area contributed by atoms with Crippen LogP contribution in [0.25, 0.3) is 21.3 Å². The van der Waals surface area contributed by atoms with Crippen molar-refractivity contribution in [3.8, 4) is 5.75 Å². The van der Waals surface area contributed by atoms with Gasteiger partial charge < -0.3 is 23.7 Å². The van der Waals surface area contributed by atoms with E-state index in [1.807, 2.05) is 23.7 Å². The van der Waals surface area contributed by atoms with Gasteiger partial charge in [-0.3, -0.25) is 4.57 Å². The SMILES string of the molecule is CCOP(=O)(OCC)c1ccc(OC)c(Nc2nc3c(ccc4c3ncn4C)s2)c1. The van der Waals surface area contributed by atoms with Gasteiger partial charge in [0.1, 0.15) is 16.8 Å². The summed E-state index contributed by atoms with van der Waals surface area (Å²) in [5.41, 5.74) is 3.35. The zero-order chi connectivity index (χ0) is 21.3. The van der Waals surface area contributed by atoms with Crippen molar-refractivity contribution in [1.29, 1.82) is 0 Å². The first kappa shape index (κ1) is 20.8. The molecule has 0 bridgehead atoms. The molecule has 0 fully saturated rings. The van der Waals surface area contributed by atoms with Crippen molar-refractivity contribution < 1.29 is 18.3 Å². The maximum atomic E-state index is 13.2. The summed E-state index contributed by atoms with van der Waals surface area (Å²) in [4.78, 5) is 9.21. The number of aromatic nitrogens is 3. The van der Waals surface area contributed by atoms with Crippen LogP contribution in [0.1, 0.15) is 13.8 Å². The fourth-order valence-electron chi connectivity index (χ4n) is 3.25. The lowest BCUT2D eigenvalue weighted by molar-refractivity contribution is 0.230. The molecule has 4 aromatic rings. The lowest BCUT2D eigenvalue weighted by atomic mass is 10.3. The Kier molecular flexibility index (Phi) is 5.79. The number of benzene rings is 2. The summed E-state index contributed by atoms with van der Waals surface area (Å²) in [7, 11) is 0.123. The molecule has 0 unspecified atom stereocenters. The molecule has 0 atom stereocenters. The predicted octanol–water partition coefficient (Wildman–Crippen LogP) is 4.83. The number of rotatable bonds is 8. The summed E-state index contributed by atoms with van der Waals surface area (Å²) >= 11 is 1.51. The Bertz CT molecular complexity index is 1240. The minimum absolute atomic E-state index is 0.282. The predicted molar refractivity (Wildman–Crippen MR) is 121 cm³/mol. The van der Waals surface area contributed by atoms with Gasteiger partial charge in [0.25, 0.3) is 0 Å². The highest BCUT2D eigenvalue weighted by molar-refractivity contribution is 7.62. The number of thiazole rings is 1. The van der Waals surface area contributed by atoms with E-state index in [9.17, 15) is 4.57 Å². The van der Waals surface area contributed by atoms with Gasteiger partial charge in [-0.15, -0.1) is 0 Å². The first-order valence-electron chi connectivity index (χ1n) is 9.54. The summed E-state index contributed by atoms with van der Waals surface area (Å²) in [6, 6.07) is 9.24. The van der Waals surface area contributed by atoms with Crippen molar-refractivity contribution in [2.45, 2.75) is 13.8 Å². The van der Waals surface area contributed by atoms with E-state index in [1.165, 1.54) is 11.3 Å². The zero-order valence-electron chi connectivity index (χ0n) is 17.2. The van der Waals surface area contributed by atoms with Crippen LogP contribution in [0.4, 0.5) is 10.8 Å². The number of hydrogen-bond acceptors (Lipinski definition) is 8. The third-order valence-corrected chi connectivity index (χ3v) is 7.63. The normalized spacial score (nSPS) is 12.0. The van der Waals surface area contributed by atoms with Crippen molar-refractivity contribution >= 4 is 56.3 Å². The number of hydrogen-bond donors (Lipinski definition) is 1. The maximum Gasteiger partial charge on any atom is 0.361 e. The van der Waals surface area contributed by atoms with E-state index >= 15 is 0 Å². The molecular formula is C20H23N4O4PS. The molecule has 30 heavy (non-hydrogen) atoms. The quantitative estimate of drug-likeness (QED) is 0.388. The van der Waals surface area contributed by atoms with E-state index in [0.29, 0.717) is 21.9 Å². The standard InChI is InChI=1S/C20H23N4O4PS/c1-5-27-29(25,28-6-2)13-7-9-16(26-4)14(11-13)22-20-23-19-17(30-20)10-8-15-18(19)21-12-24(15)3/h7-12H,5-6H2,1-4H3,(H,22,23). The molecule has 0 radical (unpaired) electrons. The second-order valence-corrected chi connectivity index (χ2v) is 9.56. The van der Waals surface area contributed by atoms with E-state index in [4.69, 9.17) is 18.8 Å². The minimum atomic E-state index is -3.42. The highest BCUT2D eigenvalue weighted by Gasteiger charge is 2.28. The summed E-state index contributed by atoms with van der Waals surface area (Å²) in [6.45, 7) is 4.13. The van der Waals surface area contributed by atoms with Crippen molar-refractivity contribution in [1.82, 2.24) is 14.5 Å². The largest absolute Gasteiger partial charge is 0.495 e. The average molecular weight is 446 g/mol. The van der Waals surface area contributed by atoms with Crippen LogP contribution >= 0.6 is 18.9 Å². The van der Waals surface area contributed by atoms with Crippen molar-refractivity contribution in [2.75, 3.05) is 25.6 Å². The number of aryl methyl sites for hydroxylation is 1. The van der Waals surface area contributed by atoms with Crippen LogP contribution in [0.2, 0.25) is 0 Å². The van der Waals surface area contributed by atoms with Crippen LogP contribution in [-0.2, 0) is 20.7 Å². The Labute approximate surface area is 178 Å². The van der Waals surface area contributed by atoms with Gasteiger partial charge in [-0.2, -0.15) is 0 Å². The number of nitrogens with one attached hydrogen (secondary N) is 1. The zero-order valence-corrected chi connectivity index (χ0v) is 18.9. The lowest BCUT2D eigenvalue weighted by Crippen LogP contribution is -2.12. The summed E-state index contributed by atoms with van der Waals surface area (Å²) in [5.74, 6) is 0.598. The van der Waals surface area contributed by atoms with Crippen LogP contribution in [-0.4, -0.2) is 34.9 Å². The second-order valence-electron chi connectivity index (χ2n) is 6.50. The molecule has 10 heteroatoms. The van der Waals surface area contributed by atoms with Gasteiger partial charge in [-0.25, -0.2) is 9.97 Å². The highest BCUT2D eigenvalue weighted by Crippen LogP contribution is 2.48. The molecule has 0 saturated heterocycles. The van der Waals surface area contributed by atoms with Crippen LogP contribution in [0, 0.1) is 0 Å². The van der Waals surface area contributed by atoms with Gasteiger partial charge in [-0.05, 0) is 44.2 Å². The number of imidazole rings is 1. The Morgan fingerprint density at radius 3 is 2.60 bits per heavy atom. The molecule has 2 aromatic carbocycles. The highest BCUT2D eigenvalue weighted by atomic mass is 32.1. The Morgan fingerprint density at radius 1 is 1.13 bits per heavy atom. The lowest BCUT2D eigenvalue weighted by Gasteiger charge is -2.19. The number of ether oxygens (including phenoxy) is 1. The van der Waals surface area contributed by atoms with E-state index in [0.717, 1.165) is 21.3 Å². The van der Waals surface area contributed by atoms with E-state index < -0.39 is 7.60 Å². The van der Waals surface area contributed by atoms with Crippen LogP contribution in [0.3, 0.4) is 0 Å². The van der Waals surface area contributed by atoms with Gasteiger partial charge in [0.2, 0.25) is 0 Å². The Morgan fingerprint density at radius 2 is 1.90 bits per heavy atom. The first-order chi connectivity index (χ1) is 14.5. The molecule has 0 aliphatic heterocycles. The molecule has 2 aromatic heterocycles. The summed E-state index contributed by atoms with van der Waals surface area (Å²) in [5, 5.41) is 4.44. The first-order valence-corrected chi connectivity index (χ1v) is 11.9. The number of fused-ring (bicyclic) bond motifs is 3. The fourth-order valence-corrected chi connectivity index (χ4v) is 5.72. The van der Waals surface area contributed by atoms with Crippen LogP contribution in [0.15, 0.2) is 36.7 Å². The number of anilines is 2. The molecule has 0 aliphatic rings. The number of nitrogens with zero attached hydrogens (tertiary/aromatic N) is 3. The third-order valence-electron chi connectivity index (χ3n) is 4.59. The molecule has 4 rings (SSSR count). The molecule has 0 spiro atoms. The third kappa shape index (κ3) is 3.70. The van der Waals surface area contributed by atoms with E-state index in [2.05, 4.69) is 10.3 Å². The minimum Gasteiger partial charge on any atom is -0.495 e. The molecule has 1 N–H and O–H groups in total.